The van der Waals surface area contributed by atoms with Gasteiger partial charge in [-0.3, -0.25) is 0 Å². The number of nitriles is 1. The maximum absolute atomic E-state index is 11.7. The third-order valence-corrected chi connectivity index (χ3v) is 8.21. The quantitative estimate of drug-likeness (QED) is 0.709. The van der Waals surface area contributed by atoms with E-state index in [0.29, 0.717) is 35.0 Å². The largest absolute Gasteiger partial charge is 0.390 e. The summed E-state index contributed by atoms with van der Waals surface area (Å²) in [5, 5.41) is 28.3. The first kappa shape index (κ1) is 21.3. The van der Waals surface area contributed by atoms with E-state index in [1.165, 1.54) is 4.31 Å². The molecule has 30 heavy (non-hydrogen) atoms. The summed E-state index contributed by atoms with van der Waals surface area (Å²) in [7, 11) is -3.35. The first-order valence-electron chi connectivity index (χ1n) is 10.1. The summed E-state index contributed by atoms with van der Waals surface area (Å²) in [5.74, 6) is 0.308. The Bertz CT molecular complexity index is 1120. The molecule has 1 saturated carbocycles. The van der Waals surface area contributed by atoms with Crippen molar-refractivity contribution in [2.24, 2.45) is 0 Å². The predicted octanol–water partition coefficient (Wildman–Crippen LogP) is 1.89. The Balaban J connectivity index is 1.67. The molecule has 2 aromatic heterocycles. The second-order valence-electron chi connectivity index (χ2n) is 8.24. The van der Waals surface area contributed by atoms with E-state index < -0.39 is 16.1 Å². The summed E-state index contributed by atoms with van der Waals surface area (Å²) in [6.45, 7) is 2.45. The first-order chi connectivity index (χ1) is 14.2. The summed E-state index contributed by atoms with van der Waals surface area (Å²) in [6, 6.07) is 1.86. The molecule has 1 aliphatic carbocycles. The van der Waals surface area contributed by atoms with Gasteiger partial charge in [-0.2, -0.15) is 9.57 Å². The number of piperidine rings is 1. The lowest BCUT2D eigenvalue weighted by Crippen LogP contribution is -2.51. The van der Waals surface area contributed by atoms with E-state index in [-0.39, 0.29) is 18.0 Å². The Morgan fingerprint density at radius 2 is 2.20 bits per heavy atom. The molecule has 1 aliphatic heterocycles. The summed E-state index contributed by atoms with van der Waals surface area (Å²) in [5.41, 5.74) is 1.75. The number of nitrogens with zero attached hydrogens (tertiary/aromatic N) is 5. The summed E-state index contributed by atoms with van der Waals surface area (Å²) in [4.78, 5) is 4.32. The minimum atomic E-state index is -3.35. The highest BCUT2D eigenvalue weighted by Crippen LogP contribution is 2.49. The second-order valence-corrected chi connectivity index (χ2v) is 10.6. The van der Waals surface area contributed by atoms with Crippen molar-refractivity contribution in [1.29, 1.82) is 5.26 Å². The molecule has 2 aliphatic rings. The summed E-state index contributed by atoms with van der Waals surface area (Å²) >= 11 is 6.49. The molecule has 9 nitrogen and oxygen atoms in total. The van der Waals surface area contributed by atoms with Gasteiger partial charge >= 0.3 is 0 Å². The van der Waals surface area contributed by atoms with Gasteiger partial charge in [0.05, 0.1) is 40.9 Å². The van der Waals surface area contributed by atoms with Crippen LogP contribution in [-0.2, 0) is 15.4 Å². The smallest absolute Gasteiger partial charge is 0.241 e. The van der Waals surface area contributed by atoms with Gasteiger partial charge in [-0.15, -0.1) is 5.10 Å². The minimum absolute atomic E-state index is 0.0247. The van der Waals surface area contributed by atoms with Crippen molar-refractivity contribution in [3.8, 4) is 6.07 Å². The number of aliphatic hydroxyl groups excluding tert-OH is 1. The summed E-state index contributed by atoms with van der Waals surface area (Å²) < 4.78 is 26.4. The first-order valence-corrected chi connectivity index (χ1v) is 12.3. The molecular formula is C19H25ClN6O3S. The highest BCUT2D eigenvalue weighted by Gasteiger charge is 2.43. The van der Waals surface area contributed by atoms with Crippen molar-refractivity contribution in [2.75, 3.05) is 24.7 Å². The maximum atomic E-state index is 11.7. The van der Waals surface area contributed by atoms with Crippen LogP contribution in [-0.4, -0.2) is 63.9 Å². The van der Waals surface area contributed by atoms with Gasteiger partial charge in [0.15, 0.2) is 0 Å². The zero-order valence-electron chi connectivity index (χ0n) is 17.0. The summed E-state index contributed by atoms with van der Waals surface area (Å²) in [6.07, 6.45) is 6.22. The predicted molar refractivity (Wildman–Crippen MR) is 113 cm³/mol. The van der Waals surface area contributed by atoms with Crippen LogP contribution >= 0.6 is 11.6 Å². The minimum Gasteiger partial charge on any atom is -0.390 e. The van der Waals surface area contributed by atoms with Crippen LogP contribution in [0.1, 0.15) is 50.3 Å². The fraction of sp³-hybridized carbons (Fsp3) is 0.632. The average Bonchev–Trinajstić information content (AvgIpc) is 2.94. The van der Waals surface area contributed by atoms with E-state index in [2.05, 4.69) is 28.4 Å². The number of fused-ring (bicyclic) bond motifs is 1. The Hall–Kier alpha value is -1.93. The van der Waals surface area contributed by atoms with Crippen molar-refractivity contribution in [3.63, 3.8) is 0 Å². The van der Waals surface area contributed by atoms with Gasteiger partial charge in [-0.1, -0.05) is 24.9 Å². The lowest BCUT2D eigenvalue weighted by Gasteiger charge is -2.41. The molecule has 2 aromatic rings. The third kappa shape index (κ3) is 3.43. The number of β-amino-alcohol motifs (C(OH)–C–C–N with tert-alkyl or cyclic N) is 1. The van der Waals surface area contributed by atoms with Crippen LogP contribution in [0.25, 0.3) is 5.52 Å². The third-order valence-electron chi connectivity index (χ3n) is 6.55. The molecule has 2 fully saturated rings. The maximum Gasteiger partial charge on any atom is 0.241 e. The van der Waals surface area contributed by atoms with E-state index in [1.807, 2.05) is 0 Å². The molecule has 0 spiro atoms. The van der Waals surface area contributed by atoms with E-state index in [0.717, 1.165) is 37.6 Å². The molecule has 0 amide bonds. The van der Waals surface area contributed by atoms with E-state index in [1.54, 1.807) is 10.7 Å². The van der Waals surface area contributed by atoms with Crippen molar-refractivity contribution in [3.05, 3.63) is 22.5 Å². The van der Waals surface area contributed by atoms with Crippen LogP contribution in [0.4, 0.5) is 5.95 Å². The lowest BCUT2D eigenvalue weighted by molar-refractivity contribution is 0.0950. The monoisotopic (exact) mass is 452 g/mol. The number of anilines is 1. The zero-order chi connectivity index (χ0) is 21.7. The Kier molecular flexibility index (Phi) is 5.43. The van der Waals surface area contributed by atoms with Gasteiger partial charge in [0, 0.05) is 18.5 Å². The second kappa shape index (κ2) is 7.64. The molecule has 0 radical (unpaired) electrons. The van der Waals surface area contributed by atoms with Crippen LogP contribution in [0.15, 0.2) is 6.20 Å². The number of nitrogens with one attached hydrogen (secondary N) is 1. The SMILES string of the molecule is CCC1(c2c(C#N)c(Cl)c3cnc(N[C@H]4CCN(S(C)(=O)=O)C[C@@H]4O)nn23)CCC1. The number of aliphatic hydroxyl groups is 1. The van der Waals surface area contributed by atoms with Crippen LogP contribution in [0.2, 0.25) is 5.02 Å². The molecule has 162 valence electrons. The van der Waals surface area contributed by atoms with Gasteiger partial charge in [0.25, 0.3) is 0 Å². The normalized spacial score (nSPS) is 24.4. The van der Waals surface area contributed by atoms with Crippen LogP contribution < -0.4 is 5.32 Å². The number of hydrogen-bond acceptors (Lipinski definition) is 7. The lowest BCUT2D eigenvalue weighted by atomic mass is 9.64. The molecule has 0 bridgehead atoms. The highest BCUT2D eigenvalue weighted by atomic mass is 35.5. The number of sulfonamides is 1. The molecule has 2 atom stereocenters. The molecule has 0 aromatic carbocycles. The van der Waals surface area contributed by atoms with Crippen LogP contribution in [0.3, 0.4) is 0 Å². The van der Waals surface area contributed by atoms with E-state index >= 15 is 0 Å². The topological polar surface area (TPSA) is 124 Å². The molecule has 3 heterocycles. The Morgan fingerprint density at radius 1 is 1.47 bits per heavy atom. The van der Waals surface area contributed by atoms with Gasteiger partial charge < -0.3 is 10.4 Å². The number of rotatable bonds is 5. The van der Waals surface area contributed by atoms with E-state index in [4.69, 9.17) is 11.6 Å². The number of aromatic nitrogens is 3. The van der Waals surface area contributed by atoms with Crippen molar-refractivity contribution in [1.82, 2.24) is 18.9 Å². The molecule has 2 N–H and O–H groups in total. The van der Waals surface area contributed by atoms with Gasteiger partial charge in [0.2, 0.25) is 16.0 Å². The van der Waals surface area contributed by atoms with Crippen molar-refractivity contribution < 1.29 is 13.5 Å². The van der Waals surface area contributed by atoms with Crippen LogP contribution in [0, 0.1) is 11.3 Å². The van der Waals surface area contributed by atoms with Gasteiger partial charge in [0.1, 0.15) is 11.6 Å². The standard InChI is InChI=1S/C19H25ClN6O3S/c1-3-19(6-4-7-19)17-12(9-21)16(20)14-10-22-18(24-26(14)17)23-13-5-8-25(11-15(13)27)30(2,28)29/h10,13,15,27H,3-8,11H2,1-2H3,(H,23,24)/t13-,15-/m0/s1. The average molecular weight is 453 g/mol. The van der Waals surface area contributed by atoms with Crippen molar-refractivity contribution >= 4 is 33.1 Å². The van der Waals surface area contributed by atoms with E-state index in [9.17, 15) is 18.8 Å². The molecule has 1 saturated heterocycles. The molecular weight excluding hydrogens is 428 g/mol. The molecule has 11 heteroatoms. The van der Waals surface area contributed by atoms with Crippen molar-refractivity contribution in [2.45, 2.75) is 56.6 Å². The van der Waals surface area contributed by atoms with Gasteiger partial charge in [-0.05, 0) is 25.7 Å². The zero-order valence-corrected chi connectivity index (χ0v) is 18.5. The number of hydrogen-bond donors (Lipinski definition) is 2. The Labute approximate surface area is 180 Å². The van der Waals surface area contributed by atoms with Gasteiger partial charge in [-0.25, -0.2) is 17.9 Å². The fourth-order valence-electron chi connectivity index (χ4n) is 4.57. The molecule has 0 unspecified atom stereocenters. The fourth-order valence-corrected chi connectivity index (χ4v) is 5.69. The molecule has 4 rings (SSSR count). The number of halogens is 1. The highest BCUT2D eigenvalue weighted by molar-refractivity contribution is 7.88. The Morgan fingerprint density at radius 3 is 2.73 bits per heavy atom. The van der Waals surface area contributed by atoms with Crippen LogP contribution in [0.5, 0.6) is 0 Å².